The molecule has 25 heavy (non-hydrogen) atoms. The molecule has 0 saturated heterocycles. The summed E-state index contributed by atoms with van der Waals surface area (Å²) in [6.07, 6.45) is -1.99. The molecule has 4 nitrogen and oxygen atoms in total. The Balaban J connectivity index is 1.64. The van der Waals surface area contributed by atoms with Crippen molar-refractivity contribution in [3.8, 4) is 5.75 Å². The highest BCUT2D eigenvalue weighted by Gasteiger charge is 2.30. The first-order valence-electron chi connectivity index (χ1n) is 7.87. The number of nitrogens with one attached hydrogen (secondary N) is 2. The smallest absolute Gasteiger partial charge is 0.406 e. The SMILES string of the molecule is O=C(NCCCCc1ccccc1)Nc1ccc(OC(F)(F)F)cc1. The molecule has 0 aliphatic heterocycles. The second-order valence-corrected chi connectivity index (χ2v) is 5.40. The molecule has 2 aromatic rings. The molecule has 2 rings (SSSR count). The molecule has 0 aromatic heterocycles. The number of rotatable bonds is 7. The summed E-state index contributed by atoms with van der Waals surface area (Å²) in [5.41, 5.74) is 1.64. The van der Waals surface area contributed by atoms with Crippen LogP contribution in [0.25, 0.3) is 0 Å². The summed E-state index contributed by atoms with van der Waals surface area (Å²) in [6, 6.07) is 14.6. The molecule has 0 heterocycles. The fourth-order valence-electron chi connectivity index (χ4n) is 2.22. The summed E-state index contributed by atoms with van der Waals surface area (Å²) in [4.78, 5) is 11.7. The van der Waals surface area contributed by atoms with Crippen molar-refractivity contribution in [2.75, 3.05) is 11.9 Å². The van der Waals surface area contributed by atoms with Crippen molar-refractivity contribution in [1.82, 2.24) is 5.32 Å². The molecule has 2 amide bonds. The van der Waals surface area contributed by atoms with Crippen LogP contribution in [0.15, 0.2) is 54.6 Å². The summed E-state index contributed by atoms with van der Waals surface area (Å²) in [6.45, 7) is 0.522. The fraction of sp³-hybridized carbons (Fsp3) is 0.278. The molecule has 0 atom stereocenters. The van der Waals surface area contributed by atoms with Gasteiger partial charge in [0.15, 0.2) is 0 Å². The Bertz CT molecular complexity index is 658. The number of hydrogen-bond donors (Lipinski definition) is 2. The molecule has 2 aromatic carbocycles. The van der Waals surface area contributed by atoms with Gasteiger partial charge in [0.05, 0.1) is 0 Å². The van der Waals surface area contributed by atoms with E-state index < -0.39 is 12.4 Å². The van der Waals surface area contributed by atoms with Crippen LogP contribution >= 0.6 is 0 Å². The van der Waals surface area contributed by atoms with Crippen molar-refractivity contribution in [3.63, 3.8) is 0 Å². The Morgan fingerprint density at radius 1 is 0.960 bits per heavy atom. The third kappa shape index (κ3) is 7.60. The topological polar surface area (TPSA) is 50.4 Å². The number of carbonyl (C=O) groups is 1. The molecular weight excluding hydrogens is 333 g/mol. The van der Waals surface area contributed by atoms with Crippen molar-refractivity contribution >= 4 is 11.7 Å². The third-order valence-electron chi connectivity index (χ3n) is 3.37. The molecule has 0 aliphatic rings. The first-order chi connectivity index (χ1) is 11.9. The second kappa shape index (κ2) is 8.96. The van der Waals surface area contributed by atoms with E-state index in [0.717, 1.165) is 31.4 Å². The number of benzene rings is 2. The highest BCUT2D eigenvalue weighted by Crippen LogP contribution is 2.23. The first kappa shape index (κ1) is 18.6. The predicted molar refractivity (Wildman–Crippen MR) is 89.5 cm³/mol. The number of alkyl halides is 3. The normalized spacial score (nSPS) is 11.0. The minimum absolute atomic E-state index is 0.334. The average Bonchev–Trinajstić information content (AvgIpc) is 2.56. The van der Waals surface area contributed by atoms with E-state index in [1.54, 1.807) is 0 Å². The zero-order valence-corrected chi connectivity index (χ0v) is 13.5. The molecule has 0 bridgehead atoms. The molecule has 0 spiro atoms. The van der Waals surface area contributed by atoms with Gasteiger partial charge in [-0.2, -0.15) is 0 Å². The van der Waals surface area contributed by atoms with Gasteiger partial charge >= 0.3 is 12.4 Å². The number of amides is 2. The predicted octanol–water partition coefficient (Wildman–Crippen LogP) is 4.73. The lowest BCUT2D eigenvalue weighted by Gasteiger charge is -2.10. The molecule has 0 saturated carbocycles. The van der Waals surface area contributed by atoms with Crippen LogP contribution in [0.1, 0.15) is 18.4 Å². The standard InChI is InChI=1S/C18H19F3N2O2/c19-18(20,21)25-16-11-9-15(10-12-16)23-17(24)22-13-5-4-8-14-6-2-1-3-7-14/h1-3,6-7,9-12H,4-5,8,13H2,(H2,22,23,24). The molecule has 0 radical (unpaired) electrons. The van der Waals surface area contributed by atoms with Crippen LogP contribution in [-0.4, -0.2) is 18.9 Å². The average molecular weight is 352 g/mol. The molecule has 2 N–H and O–H groups in total. The summed E-state index contributed by atoms with van der Waals surface area (Å²) in [5.74, 6) is -0.334. The van der Waals surface area contributed by atoms with Crippen molar-refractivity contribution in [3.05, 3.63) is 60.2 Å². The number of ether oxygens (including phenoxy) is 1. The van der Waals surface area contributed by atoms with Gasteiger partial charge in [-0.25, -0.2) is 4.79 Å². The quantitative estimate of drug-likeness (QED) is 0.708. The summed E-state index contributed by atoms with van der Waals surface area (Å²) < 4.78 is 39.9. The number of carbonyl (C=O) groups excluding carboxylic acids is 1. The van der Waals surface area contributed by atoms with Gasteiger partial charge in [0, 0.05) is 12.2 Å². The molecule has 134 valence electrons. The Kier molecular flexibility index (Phi) is 6.68. The van der Waals surface area contributed by atoms with Crippen molar-refractivity contribution in [2.45, 2.75) is 25.6 Å². The molecule has 0 fully saturated rings. The number of anilines is 1. The van der Waals surface area contributed by atoms with Gasteiger partial charge in [-0.05, 0) is 49.1 Å². The van der Waals surface area contributed by atoms with E-state index in [1.165, 1.54) is 17.7 Å². The Morgan fingerprint density at radius 2 is 1.64 bits per heavy atom. The Morgan fingerprint density at radius 3 is 2.28 bits per heavy atom. The van der Waals surface area contributed by atoms with Crippen LogP contribution in [0, 0.1) is 0 Å². The number of unbranched alkanes of at least 4 members (excludes halogenated alkanes) is 1. The zero-order valence-electron chi connectivity index (χ0n) is 13.5. The Hall–Kier alpha value is -2.70. The first-order valence-corrected chi connectivity index (χ1v) is 7.87. The van der Waals surface area contributed by atoms with E-state index in [-0.39, 0.29) is 5.75 Å². The van der Waals surface area contributed by atoms with Crippen LogP contribution in [0.5, 0.6) is 5.75 Å². The maximum atomic E-state index is 12.1. The lowest BCUT2D eigenvalue weighted by Crippen LogP contribution is -2.29. The minimum atomic E-state index is -4.73. The fourth-order valence-corrected chi connectivity index (χ4v) is 2.22. The van der Waals surface area contributed by atoms with Crippen LogP contribution in [0.4, 0.5) is 23.7 Å². The maximum absolute atomic E-state index is 12.1. The van der Waals surface area contributed by atoms with Crippen LogP contribution in [0.3, 0.4) is 0 Å². The van der Waals surface area contributed by atoms with Gasteiger partial charge in [-0.3, -0.25) is 0 Å². The van der Waals surface area contributed by atoms with Gasteiger partial charge in [0.2, 0.25) is 0 Å². The lowest BCUT2D eigenvalue weighted by atomic mass is 10.1. The van der Waals surface area contributed by atoms with E-state index in [0.29, 0.717) is 12.2 Å². The van der Waals surface area contributed by atoms with E-state index in [1.807, 2.05) is 18.2 Å². The van der Waals surface area contributed by atoms with Gasteiger partial charge in [0.1, 0.15) is 5.75 Å². The Labute approximate surface area is 144 Å². The zero-order chi connectivity index (χ0) is 18.1. The van der Waals surface area contributed by atoms with Gasteiger partial charge in [-0.15, -0.1) is 13.2 Å². The molecule has 0 unspecified atom stereocenters. The van der Waals surface area contributed by atoms with Crippen molar-refractivity contribution < 1.29 is 22.7 Å². The van der Waals surface area contributed by atoms with Crippen molar-refractivity contribution in [2.24, 2.45) is 0 Å². The van der Waals surface area contributed by atoms with E-state index in [9.17, 15) is 18.0 Å². The molecule has 0 aliphatic carbocycles. The summed E-state index contributed by atoms with van der Waals surface area (Å²) >= 11 is 0. The number of hydrogen-bond acceptors (Lipinski definition) is 2. The van der Waals surface area contributed by atoms with Crippen molar-refractivity contribution in [1.29, 1.82) is 0 Å². The highest BCUT2D eigenvalue weighted by atomic mass is 19.4. The van der Waals surface area contributed by atoms with Crippen LogP contribution in [0.2, 0.25) is 0 Å². The molecular formula is C18H19F3N2O2. The minimum Gasteiger partial charge on any atom is -0.406 e. The monoisotopic (exact) mass is 352 g/mol. The van der Waals surface area contributed by atoms with E-state index >= 15 is 0 Å². The van der Waals surface area contributed by atoms with E-state index in [4.69, 9.17) is 0 Å². The van der Waals surface area contributed by atoms with Gasteiger partial charge < -0.3 is 15.4 Å². The van der Waals surface area contributed by atoms with Crippen LogP contribution < -0.4 is 15.4 Å². The second-order valence-electron chi connectivity index (χ2n) is 5.40. The third-order valence-corrected chi connectivity index (χ3v) is 3.37. The molecule has 7 heteroatoms. The highest BCUT2D eigenvalue weighted by molar-refractivity contribution is 5.89. The summed E-state index contributed by atoms with van der Waals surface area (Å²) in [5, 5.41) is 5.26. The number of urea groups is 1. The number of aryl methyl sites for hydroxylation is 1. The van der Waals surface area contributed by atoms with E-state index in [2.05, 4.69) is 27.5 Å². The van der Waals surface area contributed by atoms with Crippen LogP contribution in [-0.2, 0) is 6.42 Å². The number of halogens is 3. The van der Waals surface area contributed by atoms with Gasteiger partial charge in [0.25, 0.3) is 0 Å². The lowest BCUT2D eigenvalue weighted by molar-refractivity contribution is -0.274. The van der Waals surface area contributed by atoms with Gasteiger partial charge in [-0.1, -0.05) is 30.3 Å². The maximum Gasteiger partial charge on any atom is 0.573 e. The largest absolute Gasteiger partial charge is 0.573 e. The summed E-state index contributed by atoms with van der Waals surface area (Å²) in [7, 11) is 0.